The average Bonchev–Trinajstić information content (AvgIpc) is 2.89. The van der Waals surface area contributed by atoms with E-state index in [1.54, 1.807) is 12.1 Å². The van der Waals surface area contributed by atoms with Crippen LogP contribution in [0.5, 0.6) is 11.5 Å². The maximum Gasteiger partial charge on any atom is 0.128 e. The predicted molar refractivity (Wildman–Crippen MR) is 195 cm³/mol. The second kappa shape index (κ2) is 28.5. The van der Waals surface area contributed by atoms with Gasteiger partial charge in [-0.2, -0.15) is 0 Å². The van der Waals surface area contributed by atoms with Gasteiger partial charge in [0, 0.05) is 24.2 Å². The number of nitrogens with one attached hydrogen (secondary N) is 2. The molecule has 2 aromatic carbocycles. The van der Waals surface area contributed by atoms with Gasteiger partial charge in [-0.25, -0.2) is 0 Å². The minimum absolute atomic E-state index is 0. The summed E-state index contributed by atoms with van der Waals surface area (Å²) in [4.78, 5) is 4.47. The lowest BCUT2D eigenvalue weighted by Gasteiger charge is -2.19. The number of unbranched alkanes of at least 4 members (excludes halogenated alkanes) is 5. The number of halogens is 4. The predicted octanol–water partition coefficient (Wildman–Crippen LogP) is 7.43. The van der Waals surface area contributed by atoms with Crippen molar-refractivity contribution in [3.05, 3.63) is 58.7 Å². The van der Waals surface area contributed by atoms with Crippen LogP contribution in [0.3, 0.4) is 0 Å². The van der Waals surface area contributed by atoms with Crippen LogP contribution in [0.1, 0.15) is 73.6 Å². The molecule has 0 radical (unpaired) electrons. The van der Waals surface area contributed by atoms with Gasteiger partial charge in [-0.3, -0.25) is 0 Å². The lowest BCUT2D eigenvalue weighted by molar-refractivity contribution is 0.296. The summed E-state index contributed by atoms with van der Waals surface area (Å²) in [6.07, 6.45) is 10.7. The van der Waals surface area contributed by atoms with Crippen LogP contribution >= 0.6 is 49.6 Å². The number of ether oxygens (including phenoxy) is 1. The average molecular weight is 687 g/mol. The van der Waals surface area contributed by atoms with Gasteiger partial charge in [-0.1, -0.05) is 55.5 Å². The highest BCUT2D eigenvalue weighted by Crippen LogP contribution is 2.27. The van der Waals surface area contributed by atoms with E-state index >= 15 is 0 Å². The van der Waals surface area contributed by atoms with Gasteiger partial charge >= 0.3 is 0 Å². The second-order valence-electron chi connectivity index (χ2n) is 11.5. The molecule has 0 spiro atoms. The Morgan fingerprint density at radius 1 is 0.651 bits per heavy atom. The molecule has 10 heteroatoms. The maximum absolute atomic E-state index is 9.41. The molecular formula is C33H60Cl4N4O2. The number of aromatic hydroxyl groups is 1. The lowest BCUT2D eigenvalue weighted by atomic mass is 10.0. The van der Waals surface area contributed by atoms with E-state index < -0.39 is 0 Å². The third-order valence-electron chi connectivity index (χ3n) is 6.98. The summed E-state index contributed by atoms with van der Waals surface area (Å²) < 4.78 is 6.49. The Morgan fingerprint density at radius 3 is 1.60 bits per heavy atom. The zero-order valence-electron chi connectivity index (χ0n) is 27.2. The van der Waals surface area contributed by atoms with E-state index in [0.717, 1.165) is 77.3 Å². The molecule has 0 atom stereocenters. The smallest absolute Gasteiger partial charge is 0.128 e. The molecule has 0 heterocycles. The van der Waals surface area contributed by atoms with Crippen molar-refractivity contribution < 1.29 is 9.84 Å². The van der Waals surface area contributed by atoms with Crippen molar-refractivity contribution in [1.29, 1.82) is 0 Å². The van der Waals surface area contributed by atoms with Crippen LogP contribution in [0, 0.1) is 6.92 Å². The van der Waals surface area contributed by atoms with Crippen LogP contribution in [0.2, 0.25) is 0 Å². The largest absolute Gasteiger partial charge is 0.508 e. The zero-order valence-corrected chi connectivity index (χ0v) is 30.4. The molecule has 3 N–H and O–H groups in total. The fraction of sp³-hybridized carbons (Fsp3) is 0.636. The number of hydrogen-bond donors (Lipinski definition) is 3. The second-order valence-corrected chi connectivity index (χ2v) is 11.5. The van der Waals surface area contributed by atoms with Crippen LogP contribution < -0.4 is 15.4 Å². The molecule has 0 unspecified atom stereocenters. The van der Waals surface area contributed by atoms with Crippen molar-refractivity contribution in [3.8, 4) is 11.5 Å². The SMILES string of the molecule is Cc1cc(CNCCCN(C)C)c(OCCCCCCCCc2ccc(O)cc2)c(CNCCCN(C)C)c1.Cl.Cl.Cl.Cl. The number of phenolic OH excluding ortho intramolecular Hbond substituents is 1. The van der Waals surface area contributed by atoms with Crippen molar-refractivity contribution >= 4 is 49.6 Å². The molecule has 0 bridgehead atoms. The van der Waals surface area contributed by atoms with Crippen LogP contribution in [0.15, 0.2) is 36.4 Å². The Labute approximate surface area is 287 Å². The third kappa shape index (κ3) is 22.2. The molecule has 2 rings (SSSR count). The topological polar surface area (TPSA) is 60.0 Å². The van der Waals surface area contributed by atoms with Gasteiger partial charge in [-0.05, 0) is 111 Å². The van der Waals surface area contributed by atoms with E-state index in [0.29, 0.717) is 5.75 Å². The quantitative estimate of drug-likeness (QED) is 0.112. The van der Waals surface area contributed by atoms with Gasteiger partial charge in [0.15, 0.2) is 0 Å². The van der Waals surface area contributed by atoms with Gasteiger partial charge in [0.1, 0.15) is 11.5 Å². The molecule has 2 aromatic rings. The molecule has 0 saturated heterocycles. The van der Waals surface area contributed by atoms with Crippen LogP contribution in [0.4, 0.5) is 0 Å². The van der Waals surface area contributed by atoms with E-state index in [4.69, 9.17) is 4.74 Å². The summed E-state index contributed by atoms with van der Waals surface area (Å²) in [5, 5.41) is 16.7. The van der Waals surface area contributed by atoms with Crippen LogP contribution in [0.25, 0.3) is 0 Å². The molecule has 0 saturated carbocycles. The van der Waals surface area contributed by atoms with Crippen molar-refractivity contribution in [1.82, 2.24) is 20.4 Å². The summed E-state index contributed by atoms with van der Waals surface area (Å²) in [7, 11) is 8.51. The number of nitrogens with zero attached hydrogens (tertiary/aromatic N) is 2. The highest BCUT2D eigenvalue weighted by molar-refractivity contribution is 5.86. The Balaban J connectivity index is -0.00000400. The molecule has 0 fully saturated rings. The van der Waals surface area contributed by atoms with E-state index in [1.807, 2.05) is 12.1 Å². The monoisotopic (exact) mass is 684 g/mol. The molecular weight excluding hydrogens is 626 g/mol. The Bertz CT molecular complexity index is 879. The summed E-state index contributed by atoms with van der Waals surface area (Å²) >= 11 is 0. The van der Waals surface area contributed by atoms with Crippen LogP contribution in [-0.2, 0) is 19.5 Å². The minimum atomic E-state index is 0. The number of hydrogen-bond acceptors (Lipinski definition) is 6. The molecule has 6 nitrogen and oxygen atoms in total. The van der Waals surface area contributed by atoms with E-state index in [1.165, 1.54) is 54.4 Å². The zero-order chi connectivity index (χ0) is 28.3. The molecule has 0 aliphatic carbocycles. The maximum atomic E-state index is 9.41. The molecule has 0 aliphatic heterocycles. The van der Waals surface area contributed by atoms with Gasteiger partial charge in [0.2, 0.25) is 0 Å². The Kier molecular flexibility index (Phi) is 30.8. The highest BCUT2D eigenvalue weighted by atomic mass is 35.5. The normalized spacial score (nSPS) is 10.5. The van der Waals surface area contributed by atoms with Gasteiger partial charge < -0.3 is 30.3 Å². The highest BCUT2D eigenvalue weighted by Gasteiger charge is 2.12. The van der Waals surface area contributed by atoms with Crippen molar-refractivity contribution in [2.24, 2.45) is 0 Å². The van der Waals surface area contributed by atoms with Gasteiger partial charge in [-0.15, -0.1) is 49.6 Å². The third-order valence-corrected chi connectivity index (χ3v) is 6.98. The summed E-state index contributed by atoms with van der Waals surface area (Å²) in [6.45, 7) is 8.88. The molecule has 0 amide bonds. The van der Waals surface area contributed by atoms with E-state index in [-0.39, 0.29) is 49.6 Å². The van der Waals surface area contributed by atoms with Gasteiger partial charge in [0.25, 0.3) is 0 Å². The van der Waals surface area contributed by atoms with Crippen LogP contribution in [-0.4, -0.2) is 75.9 Å². The number of phenols is 1. The lowest BCUT2D eigenvalue weighted by Crippen LogP contribution is -2.23. The molecule has 0 aliphatic rings. The first-order chi connectivity index (χ1) is 18.8. The fourth-order valence-electron chi connectivity index (χ4n) is 4.84. The number of rotatable bonds is 22. The van der Waals surface area contributed by atoms with Crippen molar-refractivity contribution in [2.75, 3.05) is 61.0 Å². The first-order valence-corrected chi connectivity index (χ1v) is 15.1. The van der Waals surface area contributed by atoms with Crippen molar-refractivity contribution in [3.63, 3.8) is 0 Å². The van der Waals surface area contributed by atoms with E-state index in [9.17, 15) is 5.11 Å². The standard InChI is InChI=1S/C33H56N4O2.4ClH/c1-28-24-30(26-34-19-12-21-36(2)3)33(31(25-28)27-35-20-13-22-37(4)5)39-23-11-9-7-6-8-10-14-29-15-17-32(38)18-16-29;;;;/h15-18,24-25,34-35,38H,6-14,19-23,26-27H2,1-5H3;4*1H. The summed E-state index contributed by atoms with van der Waals surface area (Å²) in [5.74, 6) is 1.42. The molecule has 252 valence electrons. The van der Waals surface area contributed by atoms with Crippen molar-refractivity contribution in [2.45, 2.75) is 77.8 Å². The first kappa shape index (κ1) is 46.5. The first-order valence-electron chi connectivity index (χ1n) is 15.1. The van der Waals surface area contributed by atoms with E-state index in [2.05, 4.69) is 67.7 Å². The number of aryl methyl sites for hydroxylation is 2. The van der Waals surface area contributed by atoms with Gasteiger partial charge in [0.05, 0.1) is 6.61 Å². The molecule has 0 aromatic heterocycles. The molecule has 43 heavy (non-hydrogen) atoms. The Morgan fingerprint density at radius 2 is 1.12 bits per heavy atom. The fourth-order valence-corrected chi connectivity index (χ4v) is 4.84. The summed E-state index contributed by atoms with van der Waals surface area (Å²) in [6, 6.07) is 12.2. The summed E-state index contributed by atoms with van der Waals surface area (Å²) in [5.41, 5.74) is 5.16. The number of benzene rings is 2. The Hall–Kier alpha value is -0.960. The minimum Gasteiger partial charge on any atom is -0.508 e.